The molecule has 0 fully saturated rings. The molecule has 4 nitrogen and oxygen atoms in total. The highest BCUT2D eigenvalue weighted by molar-refractivity contribution is 5.94. The van der Waals surface area contributed by atoms with Crippen LogP contribution in [0.15, 0.2) is 12.3 Å². The molecule has 78 valence electrons. The van der Waals surface area contributed by atoms with Crippen LogP contribution in [0.5, 0.6) is 0 Å². The van der Waals surface area contributed by atoms with E-state index in [4.69, 9.17) is 5.26 Å². The fourth-order valence-electron chi connectivity index (χ4n) is 1.12. The molecule has 0 bridgehead atoms. The number of nitriles is 1. The number of carbonyl (C=O) groups excluding carboxylic acids is 1. The minimum Gasteiger partial charge on any atom is -0.350 e. The molecule has 0 unspecified atom stereocenters. The molecule has 0 radical (unpaired) electrons. The first kappa shape index (κ1) is 11.2. The van der Waals surface area contributed by atoms with Gasteiger partial charge in [0.1, 0.15) is 6.07 Å². The zero-order chi connectivity index (χ0) is 11.4. The van der Waals surface area contributed by atoms with E-state index in [1.54, 1.807) is 13.0 Å². The number of aromatic nitrogens is 1. The quantitative estimate of drug-likeness (QED) is 0.790. The van der Waals surface area contributed by atoms with E-state index in [2.05, 4.69) is 10.3 Å². The lowest BCUT2D eigenvalue weighted by Crippen LogP contribution is -2.30. The van der Waals surface area contributed by atoms with E-state index in [0.29, 0.717) is 16.8 Å². The van der Waals surface area contributed by atoms with Gasteiger partial charge in [-0.1, -0.05) is 0 Å². The standard InChI is InChI=1S/C11H13N3O/c1-7(2)14-11(15)10-4-9(5-12)8(3)13-6-10/h4,6-7H,1-3H3,(H,14,15). The second-order valence-electron chi connectivity index (χ2n) is 3.60. The molecule has 0 aliphatic carbocycles. The van der Waals surface area contributed by atoms with Crippen molar-refractivity contribution in [1.29, 1.82) is 5.26 Å². The van der Waals surface area contributed by atoms with Gasteiger partial charge in [-0.25, -0.2) is 0 Å². The van der Waals surface area contributed by atoms with Crippen LogP contribution < -0.4 is 5.32 Å². The predicted molar refractivity (Wildman–Crippen MR) is 56.3 cm³/mol. The van der Waals surface area contributed by atoms with Crippen LogP contribution in [0.3, 0.4) is 0 Å². The lowest BCUT2D eigenvalue weighted by Gasteiger charge is -2.08. The van der Waals surface area contributed by atoms with E-state index < -0.39 is 0 Å². The SMILES string of the molecule is Cc1ncc(C(=O)NC(C)C)cc1C#N. The summed E-state index contributed by atoms with van der Waals surface area (Å²) >= 11 is 0. The Balaban J connectivity index is 2.97. The Morgan fingerprint density at radius 3 is 2.80 bits per heavy atom. The van der Waals surface area contributed by atoms with Gasteiger partial charge in [-0.15, -0.1) is 0 Å². The average molecular weight is 203 g/mol. The molecule has 1 heterocycles. The van der Waals surface area contributed by atoms with Crippen molar-refractivity contribution in [3.8, 4) is 6.07 Å². The molecule has 1 amide bonds. The molecule has 15 heavy (non-hydrogen) atoms. The van der Waals surface area contributed by atoms with Crippen molar-refractivity contribution in [1.82, 2.24) is 10.3 Å². The second kappa shape index (κ2) is 4.56. The smallest absolute Gasteiger partial charge is 0.253 e. The summed E-state index contributed by atoms with van der Waals surface area (Å²) in [6, 6.07) is 3.63. The first-order valence-corrected chi connectivity index (χ1v) is 4.72. The van der Waals surface area contributed by atoms with Gasteiger partial charge in [-0.3, -0.25) is 9.78 Å². The van der Waals surface area contributed by atoms with Crippen molar-refractivity contribution >= 4 is 5.91 Å². The van der Waals surface area contributed by atoms with Crippen molar-refractivity contribution < 1.29 is 4.79 Å². The number of amides is 1. The molecule has 0 aromatic carbocycles. The minimum atomic E-state index is -0.200. The van der Waals surface area contributed by atoms with Gasteiger partial charge >= 0.3 is 0 Å². The topological polar surface area (TPSA) is 65.8 Å². The van der Waals surface area contributed by atoms with E-state index in [-0.39, 0.29) is 11.9 Å². The van der Waals surface area contributed by atoms with E-state index in [0.717, 1.165) is 0 Å². The zero-order valence-electron chi connectivity index (χ0n) is 9.03. The molecule has 0 atom stereocenters. The van der Waals surface area contributed by atoms with Crippen LogP contribution in [0.4, 0.5) is 0 Å². The van der Waals surface area contributed by atoms with E-state index in [9.17, 15) is 4.79 Å². The summed E-state index contributed by atoms with van der Waals surface area (Å²) in [5, 5.41) is 11.5. The number of hydrogen-bond donors (Lipinski definition) is 1. The van der Waals surface area contributed by atoms with E-state index in [1.807, 2.05) is 19.9 Å². The molecule has 1 rings (SSSR count). The molecule has 4 heteroatoms. The van der Waals surface area contributed by atoms with Crippen LogP contribution in [-0.4, -0.2) is 16.9 Å². The highest BCUT2D eigenvalue weighted by Gasteiger charge is 2.09. The van der Waals surface area contributed by atoms with E-state index >= 15 is 0 Å². The summed E-state index contributed by atoms with van der Waals surface area (Å²) in [6.45, 7) is 5.50. The Morgan fingerprint density at radius 2 is 2.27 bits per heavy atom. The Morgan fingerprint density at radius 1 is 1.60 bits per heavy atom. The zero-order valence-corrected chi connectivity index (χ0v) is 9.03. The van der Waals surface area contributed by atoms with Gasteiger partial charge in [-0.2, -0.15) is 5.26 Å². The first-order chi connectivity index (χ1) is 7.04. The van der Waals surface area contributed by atoms with Gasteiger partial charge in [0.2, 0.25) is 0 Å². The molecule has 0 aliphatic heterocycles. The number of carbonyl (C=O) groups is 1. The first-order valence-electron chi connectivity index (χ1n) is 4.72. The molecule has 1 N–H and O–H groups in total. The number of nitrogens with zero attached hydrogens (tertiary/aromatic N) is 2. The van der Waals surface area contributed by atoms with Gasteiger partial charge < -0.3 is 5.32 Å². The summed E-state index contributed by atoms with van der Waals surface area (Å²) in [5.41, 5.74) is 1.50. The van der Waals surface area contributed by atoms with Crippen LogP contribution >= 0.6 is 0 Å². The van der Waals surface area contributed by atoms with Crippen LogP contribution in [0, 0.1) is 18.3 Å². The molecule has 1 aromatic heterocycles. The van der Waals surface area contributed by atoms with Gasteiger partial charge in [-0.05, 0) is 26.8 Å². The highest BCUT2D eigenvalue weighted by atomic mass is 16.1. The maximum atomic E-state index is 11.6. The van der Waals surface area contributed by atoms with Crippen LogP contribution in [0.25, 0.3) is 0 Å². The second-order valence-corrected chi connectivity index (χ2v) is 3.60. The fourth-order valence-corrected chi connectivity index (χ4v) is 1.12. The molecular weight excluding hydrogens is 190 g/mol. The Labute approximate surface area is 88.9 Å². The summed E-state index contributed by atoms with van der Waals surface area (Å²) in [7, 11) is 0. The Kier molecular flexibility index (Phi) is 3.40. The monoisotopic (exact) mass is 203 g/mol. The van der Waals surface area contributed by atoms with Crippen LogP contribution in [0.2, 0.25) is 0 Å². The normalized spacial score (nSPS) is 9.80. The maximum absolute atomic E-state index is 11.6. The molecular formula is C11H13N3O. The van der Waals surface area contributed by atoms with Gasteiger partial charge in [0, 0.05) is 12.2 Å². The van der Waals surface area contributed by atoms with Crippen molar-refractivity contribution in [2.24, 2.45) is 0 Å². The van der Waals surface area contributed by atoms with Crippen molar-refractivity contribution in [3.05, 3.63) is 29.1 Å². The molecule has 0 spiro atoms. The summed E-state index contributed by atoms with van der Waals surface area (Å²) in [5.74, 6) is -0.200. The summed E-state index contributed by atoms with van der Waals surface area (Å²) < 4.78 is 0. The molecule has 0 aliphatic rings. The number of pyridine rings is 1. The number of hydrogen-bond acceptors (Lipinski definition) is 3. The molecule has 1 aromatic rings. The fraction of sp³-hybridized carbons (Fsp3) is 0.364. The van der Waals surface area contributed by atoms with E-state index in [1.165, 1.54) is 6.20 Å². The van der Waals surface area contributed by atoms with Gasteiger partial charge in [0.05, 0.1) is 16.8 Å². The van der Waals surface area contributed by atoms with Crippen LogP contribution in [-0.2, 0) is 0 Å². The van der Waals surface area contributed by atoms with Crippen molar-refractivity contribution in [3.63, 3.8) is 0 Å². The number of nitrogens with one attached hydrogen (secondary N) is 1. The highest BCUT2D eigenvalue weighted by Crippen LogP contribution is 2.06. The molecule has 0 saturated heterocycles. The maximum Gasteiger partial charge on any atom is 0.253 e. The Hall–Kier alpha value is -1.89. The number of rotatable bonds is 2. The minimum absolute atomic E-state index is 0.0735. The Bertz CT molecular complexity index is 418. The summed E-state index contributed by atoms with van der Waals surface area (Å²) in [6.07, 6.45) is 1.48. The number of aryl methyl sites for hydroxylation is 1. The van der Waals surface area contributed by atoms with Crippen molar-refractivity contribution in [2.45, 2.75) is 26.8 Å². The summed E-state index contributed by atoms with van der Waals surface area (Å²) in [4.78, 5) is 15.6. The van der Waals surface area contributed by atoms with Gasteiger partial charge in [0.25, 0.3) is 5.91 Å². The lowest BCUT2D eigenvalue weighted by atomic mass is 10.1. The predicted octanol–water partition coefficient (Wildman–Crippen LogP) is 1.40. The van der Waals surface area contributed by atoms with Crippen molar-refractivity contribution in [2.75, 3.05) is 0 Å². The van der Waals surface area contributed by atoms with Gasteiger partial charge in [0.15, 0.2) is 0 Å². The largest absolute Gasteiger partial charge is 0.350 e. The third-order valence-corrected chi connectivity index (χ3v) is 1.89. The third-order valence-electron chi connectivity index (χ3n) is 1.89. The van der Waals surface area contributed by atoms with Crippen LogP contribution in [0.1, 0.15) is 35.5 Å². The molecule has 0 saturated carbocycles. The average Bonchev–Trinajstić information content (AvgIpc) is 2.17. The lowest BCUT2D eigenvalue weighted by molar-refractivity contribution is 0.0942. The third kappa shape index (κ3) is 2.78.